The molecule has 0 saturated heterocycles. The van der Waals surface area contributed by atoms with Gasteiger partial charge in [-0.1, -0.05) is 11.6 Å². The number of benzene rings is 2. The van der Waals surface area contributed by atoms with Gasteiger partial charge in [0.25, 0.3) is 10.0 Å². The van der Waals surface area contributed by atoms with Gasteiger partial charge in [0.1, 0.15) is 11.5 Å². The zero-order valence-corrected chi connectivity index (χ0v) is 15.8. The van der Waals surface area contributed by atoms with E-state index < -0.39 is 16.0 Å². The average Bonchev–Trinajstić information content (AvgIpc) is 2.60. The van der Waals surface area contributed by atoms with Crippen LogP contribution in [0.5, 0.6) is 11.5 Å². The van der Waals surface area contributed by atoms with E-state index in [1.807, 2.05) is 0 Å². The van der Waals surface area contributed by atoms with Crippen LogP contribution in [0.2, 0.25) is 5.02 Å². The first-order chi connectivity index (χ1) is 12.4. The molecule has 1 N–H and O–H groups in total. The largest absolute Gasteiger partial charge is 0.495 e. The minimum absolute atomic E-state index is 0.0351. The van der Waals surface area contributed by atoms with E-state index in [0.29, 0.717) is 17.2 Å². The Kier molecular flexibility index (Phi) is 6.70. The summed E-state index contributed by atoms with van der Waals surface area (Å²) in [5.74, 6) is 0.296. The van der Waals surface area contributed by atoms with Gasteiger partial charge in [0, 0.05) is 0 Å². The highest BCUT2D eigenvalue weighted by Crippen LogP contribution is 2.28. The first-order valence-corrected chi connectivity index (χ1v) is 9.46. The van der Waals surface area contributed by atoms with Gasteiger partial charge in [-0.15, -0.1) is 0 Å². The molecule has 0 aromatic heterocycles. The Morgan fingerprint density at radius 2 is 1.85 bits per heavy atom. The summed E-state index contributed by atoms with van der Waals surface area (Å²) in [4.78, 5) is 11.3. The number of sulfonamides is 1. The molecule has 2 aromatic carbocycles. The third-order valence-electron chi connectivity index (χ3n) is 3.20. The predicted octanol–water partition coefficient (Wildman–Crippen LogP) is 3.09. The van der Waals surface area contributed by atoms with Crippen LogP contribution in [0.4, 0.5) is 5.69 Å². The van der Waals surface area contributed by atoms with Crippen molar-refractivity contribution in [2.24, 2.45) is 0 Å². The maximum absolute atomic E-state index is 12.4. The summed E-state index contributed by atoms with van der Waals surface area (Å²) in [5, 5.41) is 0.287. The number of hydrogen-bond acceptors (Lipinski definition) is 6. The van der Waals surface area contributed by atoms with Gasteiger partial charge in [-0.05, 0) is 49.4 Å². The SMILES string of the molecule is CCOC(=O)COc1ccc(S(=O)(=O)Nc2ccc(OC)c(Cl)c2)cc1. The van der Waals surface area contributed by atoms with Crippen LogP contribution in [0.3, 0.4) is 0 Å². The Morgan fingerprint density at radius 1 is 1.15 bits per heavy atom. The zero-order chi connectivity index (χ0) is 19.2. The fraction of sp³-hybridized carbons (Fsp3) is 0.235. The fourth-order valence-electron chi connectivity index (χ4n) is 2.00. The van der Waals surface area contributed by atoms with Gasteiger partial charge >= 0.3 is 5.97 Å². The van der Waals surface area contributed by atoms with Gasteiger partial charge in [-0.3, -0.25) is 4.72 Å². The number of anilines is 1. The fourth-order valence-corrected chi connectivity index (χ4v) is 3.31. The van der Waals surface area contributed by atoms with Gasteiger partial charge in [-0.2, -0.15) is 0 Å². The van der Waals surface area contributed by atoms with E-state index in [1.54, 1.807) is 19.1 Å². The van der Waals surface area contributed by atoms with Crippen molar-refractivity contribution in [1.82, 2.24) is 0 Å². The molecule has 0 aliphatic rings. The molecule has 140 valence electrons. The van der Waals surface area contributed by atoms with E-state index >= 15 is 0 Å². The Hall–Kier alpha value is -2.45. The van der Waals surface area contributed by atoms with Crippen molar-refractivity contribution in [2.75, 3.05) is 25.0 Å². The first-order valence-electron chi connectivity index (χ1n) is 7.60. The topological polar surface area (TPSA) is 90.9 Å². The molecule has 0 bridgehead atoms. The Labute approximate surface area is 156 Å². The zero-order valence-electron chi connectivity index (χ0n) is 14.2. The second kappa shape index (κ2) is 8.77. The summed E-state index contributed by atoms with van der Waals surface area (Å²) in [6.07, 6.45) is 0. The monoisotopic (exact) mass is 399 g/mol. The molecule has 2 rings (SSSR count). The van der Waals surface area contributed by atoms with Gasteiger partial charge in [-0.25, -0.2) is 13.2 Å². The lowest BCUT2D eigenvalue weighted by Gasteiger charge is -2.11. The van der Waals surface area contributed by atoms with Crippen LogP contribution in [-0.4, -0.2) is 34.7 Å². The molecule has 2 aromatic rings. The van der Waals surface area contributed by atoms with Crippen molar-refractivity contribution in [3.63, 3.8) is 0 Å². The number of carbonyl (C=O) groups excluding carboxylic acids is 1. The van der Waals surface area contributed by atoms with Crippen molar-refractivity contribution in [3.05, 3.63) is 47.5 Å². The van der Waals surface area contributed by atoms with Crippen LogP contribution in [0.15, 0.2) is 47.4 Å². The predicted molar refractivity (Wildman–Crippen MR) is 97.4 cm³/mol. The molecule has 26 heavy (non-hydrogen) atoms. The molecule has 7 nitrogen and oxygen atoms in total. The normalized spacial score (nSPS) is 10.9. The molecule has 9 heteroatoms. The van der Waals surface area contributed by atoms with E-state index in [-0.39, 0.29) is 23.1 Å². The van der Waals surface area contributed by atoms with E-state index in [0.717, 1.165) is 0 Å². The third kappa shape index (κ3) is 5.27. The summed E-state index contributed by atoms with van der Waals surface area (Å²) >= 11 is 5.99. The van der Waals surface area contributed by atoms with Crippen LogP contribution in [0.25, 0.3) is 0 Å². The van der Waals surface area contributed by atoms with Gasteiger partial charge in [0.2, 0.25) is 0 Å². The molecule has 0 fully saturated rings. The number of ether oxygens (including phenoxy) is 3. The first kappa shape index (κ1) is 19.9. The summed E-state index contributed by atoms with van der Waals surface area (Å²) in [5.41, 5.74) is 0.304. The van der Waals surface area contributed by atoms with Crippen molar-refractivity contribution in [3.8, 4) is 11.5 Å². The quantitative estimate of drug-likeness (QED) is 0.686. The van der Waals surface area contributed by atoms with E-state index in [9.17, 15) is 13.2 Å². The third-order valence-corrected chi connectivity index (χ3v) is 4.89. The van der Waals surface area contributed by atoms with Crippen molar-refractivity contribution < 1.29 is 27.4 Å². The summed E-state index contributed by atoms with van der Waals surface area (Å²) in [7, 11) is -2.33. The maximum Gasteiger partial charge on any atom is 0.344 e. The van der Waals surface area contributed by atoms with Crippen molar-refractivity contribution in [2.45, 2.75) is 11.8 Å². The molecule has 0 heterocycles. The van der Waals surface area contributed by atoms with Crippen molar-refractivity contribution >= 4 is 33.3 Å². The van der Waals surface area contributed by atoms with Crippen molar-refractivity contribution in [1.29, 1.82) is 0 Å². The summed E-state index contributed by atoms with van der Waals surface area (Å²) < 4.78 is 42.3. The molecule has 0 aliphatic carbocycles. The minimum Gasteiger partial charge on any atom is -0.495 e. The standard InChI is InChI=1S/C17H18ClNO6S/c1-3-24-17(20)11-25-13-5-7-14(8-6-13)26(21,22)19-12-4-9-16(23-2)15(18)10-12/h4-10,19H,3,11H2,1-2H3. The number of carbonyl (C=O) groups is 1. The number of hydrogen-bond donors (Lipinski definition) is 1. The molecule has 0 saturated carbocycles. The molecule has 0 unspecified atom stereocenters. The number of methoxy groups -OCH3 is 1. The molecular weight excluding hydrogens is 382 g/mol. The lowest BCUT2D eigenvalue weighted by Crippen LogP contribution is -2.15. The van der Waals surface area contributed by atoms with Gasteiger partial charge < -0.3 is 14.2 Å². The Balaban J connectivity index is 2.07. The number of nitrogens with one attached hydrogen (secondary N) is 1. The van der Waals surface area contributed by atoms with Gasteiger partial charge in [0.05, 0.1) is 29.3 Å². The van der Waals surface area contributed by atoms with E-state index in [2.05, 4.69) is 4.72 Å². The van der Waals surface area contributed by atoms with Crippen LogP contribution in [-0.2, 0) is 19.6 Å². The molecule has 0 amide bonds. The van der Waals surface area contributed by atoms with Crippen LogP contribution in [0.1, 0.15) is 6.92 Å². The average molecular weight is 400 g/mol. The minimum atomic E-state index is -3.80. The highest BCUT2D eigenvalue weighted by atomic mass is 35.5. The van der Waals surface area contributed by atoms with Crippen LogP contribution >= 0.6 is 11.6 Å². The molecule has 0 aliphatic heterocycles. The lowest BCUT2D eigenvalue weighted by molar-refractivity contribution is -0.145. The second-order valence-corrected chi connectivity index (χ2v) is 7.11. The maximum atomic E-state index is 12.4. The number of halogens is 1. The molecule has 0 atom stereocenters. The molecule has 0 spiro atoms. The van der Waals surface area contributed by atoms with E-state index in [4.69, 9.17) is 25.8 Å². The number of rotatable bonds is 8. The van der Waals surface area contributed by atoms with Crippen LogP contribution in [0, 0.1) is 0 Å². The Morgan fingerprint density at radius 3 is 2.42 bits per heavy atom. The van der Waals surface area contributed by atoms with Crippen LogP contribution < -0.4 is 14.2 Å². The molecule has 0 radical (unpaired) electrons. The lowest BCUT2D eigenvalue weighted by atomic mass is 10.3. The summed E-state index contributed by atoms with van der Waals surface area (Å²) in [6.45, 7) is 1.71. The Bertz CT molecular complexity index is 867. The number of esters is 1. The van der Waals surface area contributed by atoms with Gasteiger partial charge in [0.15, 0.2) is 6.61 Å². The highest BCUT2D eigenvalue weighted by Gasteiger charge is 2.15. The molecular formula is C17H18ClNO6S. The second-order valence-electron chi connectivity index (χ2n) is 5.02. The van der Waals surface area contributed by atoms with E-state index in [1.165, 1.54) is 37.4 Å². The summed E-state index contributed by atoms with van der Waals surface area (Å²) in [6, 6.07) is 10.2. The highest BCUT2D eigenvalue weighted by molar-refractivity contribution is 7.92. The smallest absolute Gasteiger partial charge is 0.344 e.